The molecule has 0 bridgehead atoms. The number of hydrogen-bond acceptors (Lipinski definition) is 2. The number of aryl methyl sites for hydroxylation is 1. The first kappa shape index (κ1) is 13.1. The summed E-state index contributed by atoms with van der Waals surface area (Å²) in [5.41, 5.74) is 2.18. The Kier molecular flexibility index (Phi) is 4.39. The summed E-state index contributed by atoms with van der Waals surface area (Å²) in [6, 6.07) is 6.12. The second-order valence-electron chi connectivity index (χ2n) is 4.28. The fourth-order valence-electron chi connectivity index (χ4n) is 2.01. The number of halogens is 1. The van der Waals surface area contributed by atoms with Gasteiger partial charge in [-0.05, 0) is 25.1 Å². The fourth-order valence-corrected chi connectivity index (χ4v) is 2.26. The molecule has 0 aliphatic rings. The van der Waals surface area contributed by atoms with Crippen LogP contribution in [0.3, 0.4) is 0 Å². The van der Waals surface area contributed by atoms with E-state index < -0.39 is 0 Å². The molecule has 0 aliphatic carbocycles. The molecule has 1 aromatic carbocycles. The van der Waals surface area contributed by atoms with Crippen LogP contribution in [-0.4, -0.2) is 16.6 Å². The van der Waals surface area contributed by atoms with Crippen molar-refractivity contribution < 1.29 is 0 Å². The molecule has 96 valence electrons. The Bertz CT molecular complexity index is 520. The Morgan fingerprint density at radius 2 is 2.22 bits per heavy atom. The number of rotatable bonds is 5. The zero-order valence-corrected chi connectivity index (χ0v) is 11.5. The van der Waals surface area contributed by atoms with Gasteiger partial charge in [-0.1, -0.05) is 30.7 Å². The molecule has 18 heavy (non-hydrogen) atoms. The molecular weight excluding hydrogens is 246 g/mol. The van der Waals surface area contributed by atoms with E-state index in [1.165, 1.54) is 0 Å². The lowest BCUT2D eigenvalue weighted by Crippen LogP contribution is -2.05. The minimum Gasteiger partial charge on any atom is -0.331 e. The first-order valence-corrected chi connectivity index (χ1v) is 6.58. The van der Waals surface area contributed by atoms with Crippen molar-refractivity contribution in [3.05, 3.63) is 41.2 Å². The van der Waals surface area contributed by atoms with E-state index in [1.807, 2.05) is 25.5 Å². The third kappa shape index (κ3) is 2.74. The second-order valence-corrected chi connectivity index (χ2v) is 4.69. The van der Waals surface area contributed by atoms with Gasteiger partial charge in [-0.25, -0.2) is 4.98 Å². The highest BCUT2D eigenvalue weighted by Crippen LogP contribution is 2.24. The summed E-state index contributed by atoms with van der Waals surface area (Å²) in [6.07, 6.45) is 4.93. The van der Waals surface area contributed by atoms with Crippen LogP contribution in [0, 0.1) is 0 Å². The van der Waals surface area contributed by atoms with Crippen molar-refractivity contribution in [1.29, 1.82) is 0 Å². The summed E-state index contributed by atoms with van der Waals surface area (Å²) in [6.45, 7) is 3.92. The SMILES string of the molecule is CCCn1ccnc1-c1ccc(CNC)c(Cl)c1. The van der Waals surface area contributed by atoms with Crippen LogP contribution in [0.15, 0.2) is 30.6 Å². The molecule has 2 aromatic rings. The van der Waals surface area contributed by atoms with Gasteiger partial charge in [0.15, 0.2) is 0 Å². The minimum atomic E-state index is 0.780. The standard InChI is InChI=1S/C14H18ClN3/c1-3-7-18-8-6-17-14(18)11-4-5-12(10-16-2)13(15)9-11/h4-6,8-9,16H,3,7,10H2,1-2H3. The maximum Gasteiger partial charge on any atom is 0.139 e. The van der Waals surface area contributed by atoms with Crippen LogP contribution in [0.5, 0.6) is 0 Å². The highest BCUT2D eigenvalue weighted by atomic mass is 35.5. The summed E-state index contributed by atoms with van der Waals surface area (Å²) in [5, 5.41) is 3.89. The first-order valence-electron chi connectivity index (χ1n) is 6.20. The predicted octanol–water partition coefficient (Wildman–Crippen LogP) is 3.33. The van der Waals surface area contributed by atoms with Crippen LogP contribution in [0.25, 0.3) is 11.4 Å². The van der Waals surface area contributed by atoms with Crippen LogP contribution in [0.1, 0.15) is 18.9 Å². The lowest BCUT2D eigenvalue weighted by atomic mass is 10.1. The summed E-state index contributed by atoms with van der Waals surface area (Å²) < 4.78 is 2.16. The van der Waals surface area contributed by atoms with Crippen LogP contribution < -0.4 is 5.32 Å². The van der Waals surface area contributed by atoms with Crippen molar-refractivity contribution in [3.63, 3.8) is 0 Å². The van der Waals surface area contributed by atoms with Gasteiger partial charge in [0.25, 0.3) is 0 Å². The smallest absolute Gasteiger partial charge is 0.139 e. The van der Waals surface area contributed by atoms with Crippen molar-refractivity contribution in [2.75, 3.05) is 7.05 Å². The van der Waals surface area contributed by atoms with Gasteiger partial charge in [0, 0.05) is 36.1 Å². The average molecular weight is 264 g/mol. The maximum absolute atomic E-state index is 6.28. The molecule has 1 aromatic heterocycles. The van der Waals surface area contributed by atoms with Gasteiger partial charge in [0.05, 0.1) is 0 Å². The molecule has 4 heteroatoms. The number of imidazole rings is 1. The van der Waals surface area contributed by atoms with E-state index in [1.54, 1.807) is 0 Å². The van der Waals surface area contributed by atoms with E-state index in [0.717, 1.165) is 41.5 Å². The van der Waals surface area contributed by atoms with Crippen LogP contribution in [0.4, 0.5) is 0 Å². The largest absolute Gasteiger partial charge is 0.331 e. The molecule has 1 heterocycles. The zero-order chi connectivity index (χ0) is 13.0. The summed E-state index contributed by atoms with van der Waals surface area (Å²) >= 11 is 6.28. The van der Waals surface area contributed by atoms with Gasteiger partial charge in [0.1, 0.15) is 5.82 Å². The second kappa shape index (κ2) is 6.03. The molecule has 0 radical (unpaired) electrons. The van der Waals surface area contributed by atoms with Gasteiger partial charge in [0.2, 0.25) is 0 Å². The zero-order valence-electron chi connectivity index (χ0n) is 10.8. The van der Waals surface area contributed by atoms with Crippen LogP contribution in [0.2, 0.25) is 5.02 Å². The summed E-state index contributed by atoms with van der Waals surface area (Å²) in [5.74, 6) is 0.981. The molecule has 1 N–H and O–H groups in total. The Labute approximate surface area is 113 Å². The molecule has 3 nitrogen and oxygen atoms in total. The van der Waals surface area contributed by atoms with Crippen molar-refractivity contribution in [2.24, 2.45) is 0 Å². The Hall–Kier alpha value is -1.32. The topological polar surface area (TPSA) is 29.9 Å². The molecule has 0 unspecified atom stereocenters. The highest BCUT2D eigenvalue weighted by Gasteiger charge is 2.08. The number of nitrogens with one attached hydrogen (secondary N) is 1. The van der Waals surface area contributed by atoms with Gasteiger partial charge in [-0.3, -0.25) is 0 Å². The van der Waals surface area contributed by atoms with E-state index in [0.29, 0.717) is 0 Å². The molecule has 0 saturated heterocycles. The molecule has 0 atom stereocenters. The molecule has 0 fully saturated rings. The van der Waals surface area contributed by atoms with E-state index in [-0.39, 0.29) is 0 Å². The monoisotopic (exact) mass is 263 g/mol. The Morgan fingerprint density at radius 3 is 2.89 bits per heavy atom. The van der Waals surface area contributed by atoms with E-state index >= 15 is 0 Å². The van der Waals surface area contributed by atoms with E-state index in [9.17, 15) is 0 Å². The fraction of sp³-hybridized carbons (Fsp3) is 0.357. The van der Waals surface area contributed by atoms with Crippen molar-refractivity contribution in [3.8, 4) is 11.4 Å². The van der Waals surface area contributed by atoms with Gasteiger partial charge < -0.3 is 9.88 Å². The molecule has 0 spiro atoms. The van der Waals surface area contributed by atoms with Gasteiger partial charge in [-0.15, -0.1) is 0 Å². The number of nitrogens with zero attached hydrogens (tertiary/aromatic N) is 2. The van der Waals surface area contributed by atoms with Gasteiger partial charge >= 0.3 is 0 Å². The third-order valence-corrected chi connectivity index (χ3v) is 3.21. The molecule has 0 aliphatic heterocycles. The lowest BCUT2D eigenvalue weighted by molar-refractivity contribution is 0.685. The molecular formula is C14H18ClN3. The highest BCUT2D eigenvalue weighted by molar-refractivity contribution is 6.31. The Morgan fingerprint density at radius 1 is 1.39 bits per heavy atom. The quantitative estimate of drug-likeness (QED) is 0.897. The maximum atomic E-state index is 6.28. The van der Waals surface area contributed by atoms with Crippen molar-refractivity contribution >= 4 is 11.6 Å². The molecule has 2 rings (SSSR count). The summed E-state index contributed by atoms with van der Waals surface area (Å²) in [4.78, 5) is 4.41. The van der Waals surface area contributed by atoms with Crippen molar-refractivity contribution in [1.82, 2.24) is 14.9 Å². The van der Waals surface area contributed by atoms with E-state index in [4.69, 9.17) is 11.6 Å². The molecule has 0 saturated carbocycles. The number of hydrogen-bond donors (Lipinski definition) is 1. The molecule has 0 amide bonds. The van der Waals surface area contributed by atoms with Gasteiger partial charge in [-0.2, -0.15) is 0 Å². The van der Waals surface area contributed by atoms with Crippen molar-refractivity contribution in [2.45, 2.75) is 26.4 Å². The van der Waals surface area contributed by atoms with Crippen LogP contribution in [-0.2, 0) is 13.1 Å². The van der Waals surface area contributed by atoms with Crippen LogP contribution >= 0.6 is 11.6 Å². The number of aromatic nitrogens is 2. The summed E-state index contributed by atoms with van der Waals surface area (Å²) in [7, 11) is 1.91. The normalized spacial score (nSPS) is 10.8. The van der Waals surface area contributed by atoms with E-state index in [2.05, 4.69) is 33.9 Å². The predicted molar refractivity (Wildman–Crippen MR) is 75.7 cm³/mol. The average Bonchev–Trinajstić information content (AvgIpc) is 2.81. The number of benzene rings is 1. The third-order valence-electron chi connectivity index (χ3n) is 2.86. The lowest BCUT2D eigenvalue weighted by Gasteiger charge is -2.09. The Balaban J connectivity index is 2.33. The first-order chi connectivity index (χ1) is 8.76. The minimum absolute atomic E-state index is 0.780.